The molecule has 1 aliphatic rings. The third-order valence-electron chi connectivity index (χ3n) is 5.63. The number of aliphatic carboxylic acids is 1. The molecule has 2 aromatic carbocycles. The predicted octanol–water partition coefficient (Wildman–Crippen LogP) is 3.14. The number of benzene rings is 2. The average Bonchev–Trinajstić information content (AvgIpc) is 3.12. The Kier molecular flexibility index (Phi) is 7.50. The van der Waals surface area contributed by atoms with Crippen LogP contribution in [0.5, 0.6) is 0 Å². The fraction of sp³-hybridized carbons (Fsp3) is 0.320. The second kappa shape index (κ2) is 10.5. The highest BCUT2D eigenvalue weighted by Gasteiger charge is 2.29. The van der Waals surface area contributed by atoms with Gasteiger partial charge in [-0.05, 0) is 34.1 Å². The number of carboxylic acid groups (broad SMARTS) is 1. The van der Waals surface area contributed by atoms with E-state index in [1.165, 1.54) is 0 Å². The van der Waals surface area contributed by atoms with Gasteiger partial charge >= 0.3 is 12.1 Å². The summed E-state index contributed by atoms with van der Waals surface area (Å²) < 4.78 is 5.39. The van der Waals surface area contributed by atoms with Crippen LogP contribution in [0.15, 0.2) is 48.5 Å². The highest BCUT2D eigenvalue weighted by Crippen LogP contribution is 2.44. The number of hydrogen-bond donors (Lipinski definition) is 3. The normalized spacial score (nSPS) is 13.6. The van der Waals surface area contributed by atoms with Crippen molar-refractivity contribution < 1.29 is 24.2 Å². The van der Waals surface area contributed by atoms with Gasteiger partial charge in [0.15, 0.2) is 0 Å². The fourth-order valence-corrected chi connectivity index (χ4v) is 3.75. The van der Waals surface area contributed by atoms with E-state index in [4.69, 9.17) is 4.74 Å². The molecule has 0 spiro atoms. The summed E-state index contributed by atoms with van der Waals surface area (Å²) in [6, 6.07) is 15.1. The van der Waals surface area contributed by atoms with Crippen LogP contribution in [0.2, 0.25) is 0 Å². The molecule has 2 unspecified atom stereocenters. The molecule has 0 radical (unpaired) electrons. The fourth-order valence-electron chi connectivity index (χ4n) is 3.75. The molecule has 7 nitrogen and oxygen atoms in total. The molecular formula is C25H26N2O5. The van der Waals surface area contributed by atoms with E-state index in [1.807, 2.05) is 43.3 Å². The first-order chi connectivity index (χ1) is 15.4. The van der Waals surface area contributed by atoms with Crippen molar-refractivity contribution in [3.63, 3.8) is 0 Å². The topological polar surface area (TPSA) is 105 Å². The molecule has 0 saturated heterocycles. The molecule has 0 fully saturated rings. The van der Waals surface area contributed by atoms with Crippen molar-refractivity contribution in [1.82, 2.24) is 10.6 Å². The SMILES string of the molecule is CCC(C)C(NC(=O)C#CCNC(=O)OCC1c2ccccc2-c2ccccc21)C(=O)O. The Hall–Kier alpha value is -3.79. The second-order valence-electron chi connectivity index (χ2n) is 7.66. The lowest BCUT2D eigenvalue weighted by Gasteiger charge is -2.18. The number of ether oxygens (including phenoxy) is 1. The largest absolute Gasteiger partial charge is 0.480 e. The van der Waals surface area contributed by atoms with E-state index in [9.17, 15) is 19.5 Å². The summed E-state index contributed by atoms with van der Waals surface area (Å²) in [5.74, 6) is 2.73. The van der Waals surface area contributed by atoms with Crippen molar-refractivity contribution in [2.24, 2.45) is 5.92 Å². The van der Waals surface area contributed by atoms with E-state index in [1.54, 1.807) is 6.92 Å². The molecule has 32 heavy (non-hydrogen) atoms. The third kappa shape index (κ3) is 5.27. The molecule has 7 heteroatoms. The van der Waals surface area contributed by atoms with Crippen molar-refractivity contribution in [3.8, 4) is 23.0 Å². The molecule has 3 N–H and O–H groups in total. The van der Waals surface area contributed by atoms with Gasteiger partial charge in [0.2, 0.25) is 0 Å². The van der Waals surface area contributed by atoms with E-state index in [-0.39, 0.29) is 25.0 Å². The number of amides is 2. The molecule has 0 heterocycles. The van der Waals surface area contributed by atoms with Crippen LogP contribution in [0.1, 0.15) is 37.3 Å². The summed E-state index contributed by atoms with van der Waals surface area (Å²) in [5, 5.41) is 14.1. The number of fused-ring (bicyclic) bond motifs is 3. The predicted molar refractivity (Wildman–Crippen MR) is 120 cm³/mol. The molecule has 2 amide bonds. The van der Waals surface area contributed by atoms with Gasteiger partial charge in [-0.15, -0.1) is 0 Å². The van der Waals surface area contributed by atoms with Gasteiger partial charge in [-0.25, -0.2) is 9.59 Å². The zero-order chi connectivity index (χ0) is 23.1. The van der Waals surface area contributed by atoms with Crippen molar-refractivity contribution >= 4 is 18.0 Å². The summed E-state index contributed by atoms with van der Waals surface area (Å²) >= 11 is 0. The van der Waals surface area contributed by atoms with Crippen LogP contribution in [0, 0.1) is 17.8 Å². The van der Waals surface area contributed by atoms with Crippen LogP contribution in [-0.4, -0.2) is 42.3 Å². The third-order valence-corrected chi connectivity index (χ3v) is 5.63. The summed E-state index contributed by atoms with van der Waals surface area (Å²) in [6.45, 7) is 3.68. The van der Waals surface area contributed by atoms with Crippen molar-refractivity contribution in [2.45, 2.75) is 32.2 Å². The van der Waals surface area contributed by atoms with Gasteiger partial charge in [-0.3, -0.25) is 4.79 Å². The zero-order valence-electron chi connectivity index (χ0n) is 18.1. The summed E-state index contributed by atoms with van der Waals surface area (Å²) in [5.41, 5.74) is 4.52. The van der Waals surface area contributed by atoms with Gasteiger partial charge in [-0.1, -0.05) is 74.7 Å². The maximum absolute atomic E-state index is 12.1. The first kappa shape index (κ1) is 22.9. The van der Waals surface area contributed by atoms with E-state index in [2.05, 4.69) is 34.6 Å². The standard InChI is InChI=1S/C25H26N2O5/c1-3-16(2)23(24(29)30)27-22(28)13-8-14-26-25(31)32-15-21-19-11-6-4-9-17(19)18-10-5-7-12-20(18)21/h4-7,9-12,16,21,23H,3,14-15H2,1-2H3,(H,26,31)(H,27,28)(H,29,30). The Morgan fingerprint density at radius 1 is 1.06 bits per heavy atom. The summed E-state index contributed by atoms with van der Waals surface area (Å²) in [4.78, 5) is 35.2. The number of carbonyl (C=O) groups is 3. The van der Waals surface area contributed by atoms with Gasteiger partial charge in [-0.2, -0.15) is 0 Å². The average molecular weight is 434 g/mol. The van der Waals surface area contributed by atoms with E-state index in [0.717, 1.165) is 22.3 Å². The summed E-state index contributed by atoms with van der Waals surface area (Å²) in [6.07, 6.45) is -0.0295. The highest BCUT2D eigenvalue weighted by atomic mass is 16.5. The number of carboxylic acids is 1. The minimum Gasteiger partial charge on any atom is -0.480 e. The molecule has 0 saturated carbocycles. The molecule has 3 rings (SSSR count). The quantitative estimate of drug-likeness (QED) is 0.581. The number of hydrogen-bond acceptors (Lipinski definition) is 4. The molecule has 2 aromatic rings. The van der Waals surface area contributed by atoms with Gasteiger partial charge < -0.3 is 20.5 Å². The van der Waals surface area contributed by atoms with Gasteiger partial charge in [0.05, 0.1) is 6.54 Å². The molecule has 0 aromatic heterocycles. The molecule has 0 aliphatic heterocycles. The van der Waals surface area contributed by atoms with Crippen LogP contribution in [-0.2, 0) is 14.3 Å². The first-order valence-corrected chi connectivity index (χ1v) is 10.5. The number of alkyl carbamates (subject to hydrolysis) is 1. The van der Waals surface area contributed by atoms with E-state index in [0.29, 0.717) is 6.42 Å². The lowest BCUT2D eigenvalue weighted by atomic mass is 9.98. The Morgan fingerprint density at radius 2 is 1.66 bits per heavy atom. The van der Waals surface area contributed by atoms with Crippen molar-refractivity contribution in [1.29, 1.82) is 0 Å². The highest BCUT2D eigenvalue weighted by molar-refractivity contribution is 5.96. The van der Waals surface area contributed by atoms with Crippen LogP contribution in [0.4, 0.5) is 4.79 Å². The minimum atomic E-state index is -1.11. The van der Waals surface area contributed by atoms with Crippen molar-refractivity contribution in [3.05, 3.63) is 59.7 Å². The molecule has 2 atom stereocenters. The second-order valence-corrected chi connectivity index (χ2v) is 7.66. The van der Waals surface area contributed by atoms with Crippen molar-refractivity contribution in [2.75, 3.05) is 13.2 Å². The van der Waals surface area contributed by atoms with Gasteiger partial charge in [0.1, 0.15) is 12.6 Å². The Labute approximate surface area is 187 Å². The van der Waals surface area contributed by atoms with Gasteiger partial charge in [0, 0.05) is 5.92 Å². The molecule has 0 bridgehead atoms. The van der Waals surface area contributed by atoms with Crippen LogP contribution in [0.25, 0.3) is 11.1 Å². The Balaban J connectivity index is 1.50. The van der Waals surface area contributed by atoms with Crippen LogP contribution in [0.3, 0.4) is 0 Å². The van der Waals surface area contributed by atoms with Gasteiger partial charge in [0.25, 0.3) is 5.91 Å². The number of nitrogens with one attached hydrogen (secondary N) is 2. The number of rotatable bonds is 7. The van der Waals surface area contributed by atoms with E-state index >= 15 is 0 Å². The first-order valence-electron chi connectivity index (χ1n) is 10.5. The van der Waals surface area contributed by atoms with Crippen LogP contribution >= 0.6 is 0 Å². The monoisotopic (exact) mass is 434 g/mol. The van der Waals surface area contributed by atoms with Crippen LogP contribution < -0.4 is 10.6 Å². The molecule has 166 valence electrons. The van der Waals surface area contributed by atoms with E-state index < -0.39 is 24.0 Å². The lowest BCUT2D eigenvalue weighted by Crippen LogP contribution is -2.44. The molecular weight excluding hydrogens is 408 g/mol. The maximum Gasteiger partial charge on any atom is 0.407 e. The minimum absolute atomic E-state index is 0.0430. The number of carbonyl (C=O) groups excluding carboxylic acids is 2. The molecule has 1 aliphatic carbocycles. The Morgan fingerprint density at radius 3 is 2.22 bits per heavy atom. The zero-order valence-corrected chi connectivity index (χ0v) is 18.1. The lowest BCUT2D eigenvalue weighted by molar-refractivity contribution is -0.142. The maximum atomic E-state index is 12.1. The summed E-state index contributed by atoms with van der Waals surface area (Å²) in [7, 11) is 0. The Bertz CT molecular complexity index is 1020. The smallest absolute Gasteiger partial charge is 0.407 e.